The topological polar surface area (TPSA) is 58.6 Å². The largest absolute Gasteiger partial charge is 0.481 e. The van der Waals surface area contributed by atoms with E-state index >= 15 is 0 Å². The molecule has 1 saturated heterocycles. The fourth-order valence-electron chi connectivity index (χ4n) is 2.00. The fraction of sp³-hybridized carbons (Fsp3) is 0.462. The third kappa shape index (κ3) is 3.54. The molecular formula is C13H17NO3. The van der Waals surface area contributed by atoms with E-state index < -0.39 is 5.97 Å². The van der Waals surface area contributed by atoms with Gasteiger partial charge in [0.15, 0.2) is 0 Å². The van der Waals surface area contributed by atoms with Crippen molar-refractivity contribution in [3.05, 3.63) is 35.9 Å². The highest BCUT2D eigenvalue weighted by molar-refractivity contribution is 5.70. The summed E-state index contributed by atoms with van der Waals surface area (Å²) >= 11 is 0. The lowest BCUT2D eigenvalue weighted by Gasteiger charge is -2.27. The first-order valence-electron chi connectivity index (χ1n) is 5.83. The van der Waals surface area contributed by atoms with Crippen LogP contribution in [-0.2, 0) is 16.1 Å². The normalized spacial score (nSPS) is 24.5. The molecule has 0 saturated carbocycles. The van der Waals surface area contributed by atoms with Gasteiger partial charge in [-0.25, -0.2) is 0 Å². The summed E-state index contributed by atoms with van der Waals surface area (Å²) < 4.78 is 5.30. The lowest BCUT2D eigenvalue weighted by atomic mass is 9.98. The van der Waals surface area contributed by atoms with Gasteiger partial charge in [0, 0.05) is 12.6 Å². The van der Waals surface area contributed by atoms with Crippen LogP contribution in [0.4, 0.5) is 0 Å². The molecule has 1 aliphatic rings. The molecule has 0 radical (unpaired) electrons. The van der Waals surface area contributed by atoms with E-state index in [1.165, 1.54) is 5.56 Å². The molecule has 1 aromatic carbocycles. The monoisotopic (exact) mass is 235 g/mol. The summed E-state index contributed by atoms with van der Waals surface area (Å²) in [6.07, 6.45) is 0.641. The van der Waals surface area contributed by atoms with Gasteiger partial charge in [-0.3, -0.25) is 4.79 Å². The van der Waals surface area contributed by atoms with E-state index in [1.807, 2.05) is 30.3 Å². The minimum Gasteiger partial charge on any atom is -0.481 e. The van der Waals surface area contributed by atoms with E-state index in [1.54, 1.807) is 0 Å². The van der Waals surface area contributed by atoms with E-state index in [9.17, 15) is 4.79 Å². The van der Waals surface area contributed by atoms with Crippen molar-refractivity contribution in [1.82, 2.24) is 5.32 Å². The van der Waals surface area contributed by atoms with Gasteiger partial charge in [-0.05, 0) is 12.0 Å². The number of carbonyl (C=O) groups is 1. The Hall–Kier alpha value is -1.39. The molecule has 92 valence electrons. The van der Waals surface area contributed by atoms with E-state index in [2.05, 4.69) is 5.32 Å². The van der Waals surface area contributed by atoms with Crippen LogP contribution in [0.1, 0.15) is 12.0 Å². The Labute approximate surface area is 101 Å². The quantitative estimate of drug-likeness (QED) is 0.825. The molecular weight excluding hydrogens is 218 g/mol. The van der Waals surface area contributed by atoms with Gasteiger partial charge in [0.05, 0.1) is 19.1 Å². The van der Waals surface area contributed by atoms with Gasteiger partial charge < -0.3 is 15.2 Å². The highest BCUT2D eigenvalue weighted by atomic mass is 16.5. The highest BCUT2D eigenvalue weighted by Crippen LogP contribution is 2.15. The van der Waals surface area contributed by atoms with Gasteiger partial charge in [-0.2, -0.15) is 0 Å². The molecule has 2 rings (SSSR count). The molecule has 2 atom stereocenters. The number of nitrogens with one attached hydrogen (secondary N) is 1. The van der Waals surface area contributed by atoms with Crippen LogP contribution in [0, 0.1) is 5.92 Å². The molecule has 1 aromatic rings. The van der Waals surface area contributed by atoms with Crippen molar-refractivity contribution in [1.29, 1.82) is 0 Å². The van der Waals surface area contributed by atoms with Crippen LogP contribution < -0.4 is 5.32 Å². The zero-order chi connectivity index (χ0) is 12.1. The van der Waals surface area contributed by atoms with Crippen LogP contribution in [0.2, 0.25) is 0 Å². The Morgan fingerprint density at radius 2 is 2.12 bits per heavy atom. The molecule has 0 bridgehead atoms. The Morgan fingerprint density at radius 3 is 2.82 bits per heavy atom. The molecule has 0 spiro atoms. The fourth-order valence-corrected chi connectivity index (χ4v) is 2.00. The minimum absolute atomic E-state index is 0.130. The average molecular weight is 235 g/mol. The van der Waals surface area contributed by atoms with E-state index in [0.717, 1.165) is 6.54 Å². The second kappa shape index (κ2) is 5.80. The van der Waals surface area contributed by atoms with Gasteiger partial charge in [-0.15, -0.1) is 0 Å². The number of hydrogen-bond acceptors (Lipinski definition) is 3. The maximum atomic E-state index is 10.9. The minimum atomic E-state index is -0.767. The number of rotatable bonds is 4. The van der Waals surface area contributed by atoms with E-state index in [-0.39, 0.29) is 12.0 Å². The Balaban J connectivity index is 1.81. The zero-order valence-electron chi connectivity index (χ0n) is 9.63. The van der Waals surface area contributed by atoms with Gasteiger partial charge in [0.2, 0.25) is 0 Å². The van der Waals surface area contributed by atoms with Crippen LogP contribution in [-0.4, -0.2) is 30.3 Å². The smallest absolute Gasteiger partial charge is 0.308 e. The third-order valence-corrected chi connectivity index (χ3v) is 2.99. The van der Waals surface area contributed by atoms with Gasteiger partial charge >= 0.3 is 5.97 Å². The molecule has 17 heavy (non-hydrogen) atoms. The summed E-state index contributed by atoms with van der Waals surface area (Å²) in [7, 11) is 0. The summed E-state index contributed by atoms with van der Waals surface area (Å²) in [5.74, 6) is -1.15. The molecule has 0 amide bonds. The van der Waals surface area contributed by atoms with Crippen molar-refractivity contribution < 1.29 is 14.6 Å². The Bertz CT molecular complexity index is 366. The molecule has 4 heteroatoms. The molecule has 0 aliphatic carbocycles. The Morgan fingerprint density at radius 1 is 1.35 bits per heavy atom. The Kier molecular flexibility index (Phi) is 4.12. The molecule has 1 aliphatic heterocycles. The lowest BCUT2D eigenvalue weighted by molar-refractivity contribution is -0.146. The van der Waals surface area contributed by atoms with Crippen molar-refractivity contribution in [3.8, 4) is 0 Å². The number of carboxylic acids is 1. The standard InChI is InChI=1S/C13H17NO3/c15-13(16)11-6-12(9-17-8-11)14-7-10-4-2-1-3-5-10/h1-5,11-12,14H,6-9H2,(H,15,16)/t11-,12-/m0/s1. The van der Waals surface area contributed by atoms with Crippen LogP contribution in [0.5, 0.6) is 0 Å². The lowest BCUT2D eigenvalue weighted by Crippen LogP contribution is -2.42. The van der Waals surface area contributed by atoms with Crippen molar-refractivity contribution >= 4 is 5.97 Å². The predicted octanol–water partition coefficient (Wildman–Crippen LogP) is 1.27. The van der Waals surface area contributed by atoms with Crippen LogP contribution in [0.25, 0.3) is 0 Å². The van der Waals surface area contributed by atoms with Crippen LogP contribution in [0.15, 0.2) is 30.3 Å². The average Bonchev–Trinajstić information content (AvgIpc) is 2.38. The van der Waals surface area contributed by atoms with Gasteiger partial charge in [0.25, 0.3) is 0 Å². The SMILES string of the molecule is O=C(O)[C@@H]1COC[C@@H](NCc2ccccc2)C1. The number of carboxylic acid groups (broad SMARTS) is 1. The number of hydrogen-bond donors (Lipinski definition) is 2. The molecule has 0 unspecified atom stereocenters. The first-order valence-corrected chi connectivity index (χ1v) is 5.83. The second-order valence-corrected chi connectivity index (χ2v) is 4.37. The summed E-state index contributed by atoms with van der Waals surface area (Å²) in [6, 6.07) is 10.2. The first-order chi connectivity index (χ1) is 8.25. The number of aliphatic carboxylic acids is 1. The summed E-state index contributed by atoms with van der Waals surface area (Å²) in [5.41, 5.74) is 1.20. The molecule has 4 nitrogen and oxygen atoms in total. The molecule has 0 aromatic heterocycles. The summed E-state index contributed by atoms with van der Waals surface area (Å²) in [4.78, 5) is 10.9. The van der Waals surface area contributed by atoms with E-state index in [4.69, 9.17) is 9.84 Å². The van der Waals surface area contributed by atoms with Gasteiger partial charge in [0.1, 0.15) is 0 Å². The maximum Gasteiger partial charge on any atom is 0.308 e. The van der Waals surface area contributed by atoms with Crippen molar-refractivity contribution in [3.63, 3.8) is 0 Å². The van der Waals surface area contributed by atoms with Crippen molar-refractivity contribution in [2.24, 2.45) is 5.92 Å². The van der Waals surface area contributed by atoms with E-state index in [0.29, 0.717) is 19.6 Å². The number of ether oxygens (including phenoxy) is 1. The molecule has 2 N–H and O–H groups in total. The highest BCUT2D eigenvalue weighted by Gasteiger charge is 2.27. The van der Waals surface area contributed by atoms with Crippen LogP contribution >= 0.6 is 0 Å². The second-order valence-electron chi connectivity index (χ2n) is 4.37. The zero-order valence-corrected chi connectivity index (χ0v) is 9.63. The molecule has 1 heterocycles. The maximum absolute atomic E-state index is 10.9. The third-order valence-electron chi connectivity index (χ3n) is 2.99. The summed E-state index contributed by atoms with van der Waals surface area (Å²) in [6.45, 7) is 1.68. The first kappa shape index (κ1) is 12.1. The van der Waals surface area contributed by atoms with Crippen LogP contribution in [0.3, 0.4) is 0 Å². The van der Waals surface area contributed by atoms with Crippen molar-refractivity contribution in [2.75, 3.05) is 13.2 Å². The predicted molar refractivity (Wildman–Crippen MR) is 63.6 cm³/mol. The summed E-state index contributed by atoms with van der Waals surface area (Å²) in [5, 5.41) is 12.3. The number of benzene rings is 1. The van der Waals surface area contributed by atoms with Crippen molar-refractivity contribution in [2.45, 2.75) is 19.0 Å². The van der Waals surface area contributed by atoms with Gasteiger partial charge in [-0.1, -0.05) is 30.3 Å². The molecule has 1 fully saturated rings.